The highest BCUT2D eigenvalue weighted by Crippen LogP contribution is 2.38. The number of amides is 1. The molecule has 0 spiro atoms. The SMILES string of the molecule is CC[C@@H](NC(=O)c1cc(OC)c(OC)c(OC)c1)c1ccccc1. The molecule has 5 heteroatoms. The van der Waals surface area contributed by atoms with Crippen LogP contribution in [0.2, 0.25) is 0 Å². The maximum atomic E-state index is 12.7. The number of ether oxygens (including phenoxy) is 3. The molecule has 0 bridgehead atoms. The molecule has 0 aliphatic rings. The summed E-state index contributed by atoms with van der Waals surface area (Å²) in [6.07, 6.45) is 0.792. The van der Waals surface area contributed by atoms with Crippen molar-refractivity contribution in [3.8, 4) is 17.2 Å². The molecule has 0 radical (unpaired) electrons. The lowest BCUT2D eigenvalue weighted by Crippen LogP contribution is -2.28. The van der Waals surface area contributed by atoms with Gasteiger partial charge in [-0.05, 0) is 24.1 Å². The summed E-state index contributed by atoms with van der Waals surface area (Å²) in [5.41, 5.74) is 1.53. The monoisotopic (exact) mass is 329 g/mol. The Labute approximate surface area is 142 Å². The fourth-order valence-corrected chi connectivity index (χ4v) is 2.56. The second-order valence-electron chi connectivity index (χ2n) is 5.26. The van der Waals surface area contributed by atoms with Gasteiger partial charge < -0.3 is 19.5 Å². The Balaban J connectivity index is 2.29. The molecule has 0 heterocycles. The van der Waals surface area contributed by atoms with Gasteiger partial charge >= 0.3 is 0 Å². The van der Waals surface area contributed by atoms with Gasteiger partial charge in [-0.1, -0.05) is 37.3 Å². The summed E-state index contributed by atoms with van der Waals surface area (Å²) in [7, 11) is 4.58. The zero-order chi connectivity index (χ0) is 17.5. The van der Waals surface area contributed by atoms with Gasteiger partial charge in [-0.25, -0.2) is 0 Å². The first-order valence-electron chi connectivity index (χ1n) is 7.80. The largest absolute Gasteiger partial charge is 0.493 e. The van der Waals surface area contributed by atoms with Gasteiger partial charge in [0.05, 0.1) is 27.4 Å². The van der Waals surface area contributed by atoms with E-state index in [1.165, 1.54) is 21.3 Å². The quantitative estimate of drug-likeness (QED) is 0.843. The molecule has 2 aromatic carbocycles. The number of carbonyl (C=O) groups excluding carboxylic acids is 1. The van der Waals surface area contributed by atoms with E-state index in [0.717, 1.165) is 12.0 Å². The van der Waals surface area contributed by atoms with Crippen molar-refractivity contribution in [3.05, 3.63) is 53.6 Å². The van der Waals surface area contributed by atoms with Crippen LogP contribution in [0.5, 0.6) is 17.2 Å². The first-order chi connectivity index (χ1) is 11.6. The van der Waals surface area contributed by atoms with Crippen LogP contribution in [0.4, 0.5) is 0 Å². The fraction of sp³-hybridized carbons (Fsp3) is 0.316. The summed E-state index contributed by atoms with van der Waals surface area (Å²) in [4.78, 5) is 12.7. The molecule has 1 amide bonds. The van der Waals surface area contributed by atoms with Gasteiger partial charge in [0.15, 0.2) is 11.5 Å². The molecule has 0 aliphatic heterocycles. The third kappa shape index (κ3) is 3.79. The molecule has 0 saturated heterocycles. The van der Waals surface area contributed by atoms with Crippen molar-refractivity contribution in [2.75, 3.05) is 21.3 Å². The van der Waals surface area contributed by atoms with Crippen LogP contribution in [-0.4, -0.2) is 27.2 Å². The maximum absolute atomic E-state index is 12.7. The van der Waals surface area contributed by atoms with E-state index in [0.29, 0.717) is 22.8 Å². The molecule has 128 valence electrons. The van der Waals surface area contributed by atoms with Crippen LogP contribution in [-0.2, 0) is 0 Å². The second kappa shape index (κ2) is 8.24. The molecular weight excluding hydrogens is 306 g/mol. The first kappa shape index (κ1) is 17.7. The Kier molecular flexibility index (Phi) is 6.07. The number of benzene rings is 2. The average molecular weight is 329 g/mol. The zero-order valence-corrected chi connectivity index (χ0v) is 14.5. The molecule has 0 unspecified atom stereocenters. The van der Waals surface area contributed by atoms with E-state index < -0.39 is 0 Å². The molecule has 1 N–H and O–H groups in total. The van der Waals surface area contributed by atoms with Crippen molar-refractivity contribution in [3.63, 3.8) is 0 Å². The van der Waals surface area contributed by atoms with Crippen molar-refractivity contribution in [1.82, 2.24) is 5.32 Å². The van der Waals surface area contributed by atoms with Crippen LogP contribution in [0.25, 0.3) is 0 Å². The Morgan fingerprint density at radius 1 is 1.00 bits per heavy atom. The highest BCUT2D eigenvalue weighted by molar-refractivity contribution is 5.95. The van der Waals surface area contributed by atoms with Crippen molar-refractivity contribution < 1.29 is 19.0 Å². The van der Waals surface area contributed by atoms with Gasteiger partial charge in [-0.15, -0.1) is 0 Å². The summed E-state index contributed by atoms with van der Waals surface area (Å²) in [5, 5.41) is 3.05. The van der Waals surface area contributed by atoms with Gasteiger partial charge in [0.1, 0.15) is 0 Å². The molecule has 2 rings (SSSR count). The summed E-state index contributed by atoms with van der Waals surface area (Å²) in [6.45, 7) is 2.03. The average Bonchev–Trinajstić information content (AvgIpc) is 2.65. The zero-order valence-electron chi connectivity index (χ0n) is 14.5. The summed E-state index contributed by atoms with van der Waals surface area (Å²) in [5.74, 6) is 1.18. The number of methoxy groups -OCH3 is 3. The van der Waals surface area contributed by atoms with Gasteiger partial charge in [-0.2, -0.15) is 0 Å². The molecular formula is C19H23NO4. The van der Waals surface area contributed by atoms with E-state index in [9.17, 15) is 4.79 Å². The smallest absolute Gasteiger partial charge is 0.252 e. The molecule has 1 atom stereocenters. The van der Waals surface area contributed by atoms with Crippen LogP contribution in [0.3, 0.4) is 0 Å². The summed E-state index contributed by atoms with van der Waals surface area (Å²) in [6, 6.07) is 13.1. The van der Waals surface area contributed by atoms with Crippen molar-refractivity contribution in [1.29, 1.82) is 0 Å². The van der Waals surface area contributed by atoms with Crippen molar-refractivity contribution in [2.45, 2.75) is 19.4 Å². The topological polar surface area (TPSA) is 56.8 Å². The van der Waals surface area contributed by atoms with E-state index >= 15 is 0 Å². The highest BCUT2D eigenvalue weighted by atomic mass is 16.5. The molecule has 0 saturated carbocycles. The number of hydrogen-bond acceptors (Lipinski definition) is 4. The number of carbonyl (C=O) groups is 1. The maximum Gasteiger partial charge on any atom is 0.252 e. The standard InChI is InChI=1S/C19H23NO4/c1-5-15(13-9-7-6-8-10-13)20-19(21)14-11-16(22-2)18(24-4)17(12-14)23-3/h6-12,15H,5H2,1-4H3,(H,20,21)/t15-/m1/s1. The van der Waals surface area contributed by atoms with Crippen LogP contribution < -0.4 is 19.5 Å². The minimum atomic E-state index is -0.190. The minimum absolute atomic E-state index is 0.0576. The predicted molar refractivity (Wildman–Crippen MR) is 93.0 cm³/mol. The fourth-order valence-electron chi connectivity index (χ4n) is 2.56. The van der Waals surface area contributed by atoms with Crippen LogP contribution in [0.15, 0.2) is 42.5 Å². The Bertz CT molecular complexity index is 660. The lowest BCUT2D eigenvalue weighted by molar-refractivity contribution is 0.0934. The van der Waals surface area contributed by atoms with Gasteiger partial charge in [0.2, 0.25) is 5.75 Å². The van der Waals surface area contributed by atoms with Gasteiger partial charge in [0, 0.05) is 5.56 Å². The molecule has 0 aliphatic carbocycles. The van der Waals surface area contributed by atoms with E-state index in [4.69, 9.17) is 14.2 Å². The molecule has 5 nitrogen and oxygen atoms in total. The lowest BCUT2D eigenvalue weighted by Gasteiger charge is -2.19. The van der Waals surface area contributed by atoms with Gasteiger partial charge in [-0.3, -0.25) is 4.79 Å². The Morgan fingerprint density at radius 3 is 2.04 bits per heavy atom. The number of rotatable bonds is 7. The van der Waals surface area contributed by atoms with E-state index in [-0.39, 0.29) is 11.9 Å². The predicted octanol–water partition coefficient (Wildman–Crippen LogP) is 3.59. The second-order valence-corrected chi connectivity index (χ2v) is 5.26. The Hall–Kier alpha value is -2.69. The van der Waals surface area contributed by atoms with Crippen LogP contribution >= 0.6 is 0 Å². The van der Waals surface area contributed by atoms with E-state index in [2.05, 4.69) is 5.32 Å². The normalized spacial score (nSPS) is 11.5. The van der Waals surface area contributed by atoms with Crippen LogP contribution in [0.1, 0.15) is 35.3 Å². The van der Waals surface area contributed by atoms with Crippen LogP contribution in [0, 0.1) is 0 Å². The van der Waals surface area contributed by atoms with Crippen molar-refractivity contribution in [2.24, 2.45) is 0 Å². The first-order valence-corrected chi connectivity index (χ1v) is 7.80. The molecule has 24 heavy (non-hydrogen) atoms. The van der Waals surface area contributed by atoms with E-state index in [1.54, 1.807) is 12.1 Å². The third-order valence-corrected chi connectivity index (χ3v) is 3.84. The number of nitrogens with one attached hydrogen (secondary N) is 1. The Morgan fingerprint density at radius 2 is 1.58 bits per heavy atom. The molecule has 0 fully saturated rings. The van der Waals surface area contributed by atoms with Crippen molar-refractivity contribution >= 4 is 5.91 Å². The molecule has 0 aromatic heterocycles. The minimum Gasteiger partial charge on any atom is -0.493 e. The summed E-state index contributed by atoms with van der Waals surface area (Å²) < 4.78 is 15.9. The molecule has 2 aromatic rings. The third-order valence-electron chi connectivity index (χ3n) is 3.84. The summed E-state index contributed by atoms with van der Waals surface area (Å²) >= 11 is 0. The number of hydrogen-bond donors (Lipinski definition) is 1. The van der Waals surface area contributed by atoms with E-state index in [1.807, 2.05) is 37.3 Å². The van der Waals surface area contributed by atoms with Gasteiger partial charge in [0.25, 0.3) is 5.91 Å². The highest BCUT2D eigenvalue weighted by Gasteiger charge is 2.19. The lowest BCUT2D eigenvalue weighted by atomic mass is 10.0.